The summed E-state index contributed by atoms with van der Waals surface area (Å²) in [6.07, 6.45) is 3.55. The smallest absolute Gasteiger partial charge is 0.229 e. The minimum Gasteiger partial charge on any atom is -0.494 e. The third kappa shape index (κ3) is 5.22. The van der Waals surface area contributed by atoms with E-state index in [1.165, 1.54) is 0 Å². The third-order valence-corrected chi connectivity index (χ3v) is 4.38. The van der Waals surface area contributed by atoms with Crippen molar-refractivity contribution in [3.63, 3.8) is 0 Å². The molecule has 0 aromatic heterocycles. The van der Waals surface area contributed by atoms with Crippen LogP contribution in [0.25, 0.3) is 0 Å². The van der Waals surface area contributed by atoms with E-state index in [9.17, 15) is 9.90 Å². The molecular formula is C18H28N2O3. The molecule has 0 unspecified atom stereocenters. The minimum absolute atomic E-state index is 0.0611. The van der Waals surface area contributed by atoms with Gasteiger partial charge in [-0.1, -0.05) is 13.3 Å². The highest BCUT2D eigenvalue weighted by Gasteiger charge is 2.32. The normalized spacial score (nSPS) is 16.8. The number of carbonyl (C=O) groups excluding carboxylic acids is 1. The lowest BCUT2D eigenvalue weighted by Gasteiger charge is -2.33. The highest BCUT2D eigenvalue weighted by atomic mass is 16.5. The van der Waals surface area contributed by atoms with Crippen molar-refractivity contribution in [1.82, 2.24) is 5.32 Å². The van der Waals surface area contributed by atoms with Crippen molar-refractivity contribution >= 4 is 11.6 Å². The molecule has 1 fully saturated rings. The van der Waals surface area contributed by atoms with Crippen LogP contribution in [0.2, 0.25) is 0 Å². The highest BCUT2D eigenvalue weighted by molar-refractivity contribution is 5.93. The summed E-state index contributed by atoms with van der Waals surface area (Å²) in [5.41, 5.74) is -0.0600. The maximum Gasteiger partial charge on any atom is 0.229 e. The first-order valence-corrected chi connectivity index (χ1v) is 8.46. The number of aliphatic hydroxyl groups is 1. The number of carbonyl (C=O) groups is 1. The fourth-order valence-corrected chi connectivity index (χ4v) is 2.71. The zero-order valence-corrected chi connectivity index (χ0v) is 14.2. The fraction of sp³-hybridized carbons (Fsp3) is 0.611. The molecule has 0 radical (unpaired) electrons. The van der Waals surface area contributed by atoms with Crippen molar-refractivity contribution in [2.45, 2.75) is 44.6 Å². The van der Waals surface area contributed by atoms with Gasteiger partial charge in [0.05, 0.1) is 18.6 Å². The van der Waals surface area contributed by atoms with Crippen molar-refractivity contribution in [1.29, 1.82) is 0 Å². The second-order valence-electron chi connectivity index (χ2n) is 6.30. The number of piperidine rings is 1. The predicted octanol–water partition coefficient (Wildman–Crippen LogP) is 2.33. The fourth-order valence-electron chi connectivity index (χ4n) is 2.71. The molecule has 0 bridgehead atoms. The molecule has 1 aromatic carbocycles. The summed E-state index contributed by atoms with van der Waals surface area (Å²) in [5.74, 6) is 0.758. The summed E-state index contributed by atoms with van der Waals surface area (Å²) in [7, 11) is 1.75. The topological polar surface area (TPSA) is 61.8 Å². The van der Waals surface area contributed by atoms with Gasteiger partial charge in [0.1, 0.15) is 5.75 Å². The summed E-state index contributed by atoms with van der Waals surface area (Å²) in [6, 6.07) is 7.53. The first-order chi connectivity index (χ1) is 11.0. The second-order valence-corrected chi connectivity index (χ2v) is 6.30. The van der Waals surface area contributed by atoms with Gasteiger partial charge in [-0.2, -0.15) is 0 Å². The van der Waals surface area contributed by atoms with Crippen molar-refractivity contribution in [3.8, 4) is 5.75 Å². The number of rotatable bonds is 7. The Morgan fingerprint density at radius 2 is 1.96 bits per heavy atom. The van der Waals surface area contributed by atoms with Gasteiger partial charge in [-0.05, 0) is 56.6 Å². The van der Waals surface area contributed by atoms with Crippen LogP contribution in [-0.2, 0) is 4.79 Å². The zero-order chi connectivity index (χ0) is 16.7. The number of benzene rings is 1. The van der Waals surface area contributed by atoms with E-state index in [4.69, 9.17) is 4.74 Å². The van der Waals surface area contributed by atoms with Crippen LogP contribution in [0, 0.1) is 0 Å². The first kappa shape index (κ1) is 17.8. The Morgan fingerprint density at radius 3 is 2.57 bits per heavy atom. The average Bonchev–Trinajstić information content (AvgIpc) is 2.55. The number of hydrogen-bond donors (Lipinski definition) is 2. The molecule has 128 valence electrons. The van der Waals surface area contributed by atoms with Crippen LogP contribution in [0.1, 0.15) is 39.0 Å². The molecule has 0 saturated carbocycles. The van der Waals surface area contributed by atoms with Crippen molar-refractivity contribution in [2.75, 3.05) is 31.6 Å². The lowest BCUT2D eigenvalue weighted by Crippen LogP contribution is -2.45. The Kier molecular flexibility index (Phi) is 6.42. The van der Waals surface area contributed by atoms with Gasteiger partial charge in [0.15, 0.2) is 0 Å². The molecule has 1 heterocycles. The number of anilines is 1. The van der Waals surface area contributed by atoms with Gasteiger partial charge < -0.3 is 20.1 Å². The van der Waals surface area contributed by atoms with Crippen LogP contribution in [0.3, 0.4) is 0 Å². The van der Waals surface area contributed by atoms with Gasteiger partial charge in [0.25, 0.3) is 0 Å². The molecule has 1 aromatic rings. The van der Waals surface area contributed by atoms with E-state index in [1.807, 2.05) is 24.3 Å². The Morgan fingerprint density at radius 1 is 1.30 bits per heavy atom. The van der Waals surface area contributed by atoms with Crippen LogP contribution >= 0.6 is 0 Å². The predicted molar refractivity (Wildman–Crippen MR) is 91.9 cm³/mol. The molecule has 1 aliphatic rings. The number of unbranched alkanes of at least 4 members (excludes halogenated alkanes) is 1. The van der Waals surface area contributed by atoms with E-state index in [2.05, 4.69) is 12.2 Å². The van der Waals surface area contributed by atoms with Crippen molar-refractivity contribution < 1.29 is 14.6 Å². The average molecular weight is 320 g/mol. The molecule has 0 spiro atoms. The molecule has 5 heteroatoms. The maximum atomic E-state index is 12.4. The van der Waals surface area contributed by atoms with Crippen LogP contribution < -0.4 is 15.0 Å². The summed E-state index contributed by atoms with van der Waals surface area (Å²) in [4.78, 5) is 14.0. The number of hydrogen-bond acceptors (Lipinski definition) is 4. The standard InChI is InChI=1S/C18H28N2O3/c1-3-4-13-23-16-7-5-15(6-8-16)20(2)17(21)14-18(22)9-11-19-12-10-18/h5-8,19,22H,3-4,9-14H2,1-2H3. The maximum absolute atomic E-state index is 12.4. The second kappa shape index (κ2) is 8.31. The van der Waals surface area contributed by atoms with Gasteiger partial charge >= 0.3 is 0 Å². The zero-order valence-electron chi connectivity index (χ0n) is 14.2. The van der Waals surface area contributed by atoms with E-state index in [-0.39, 0.29) is 12.3 Å². The largest absolute Gasteiger partial charge is 0.494 e. The molecular weight excluding hydrogens is 292 g/mol. The molecule has 2 N–H and O–H groups in total. The summed E-state index contributed by atoms with van der Waals surface area (Å²) in [5, 5.41) is 13.7. The number of amides is 1. The molecule has 2 rings (SSSR count). The molecule has 5 nitrogen and oxygen atoms in total. The van der Waals surface area contributed by atoms with Gasteiger partial charge in [0, 0.05) is 12.7 Å². The van der Waals surface area contributed by atoms with Crippen LogP contribution in [0.4, 0.5) is 5.69 Å². The Balaban J connectivity index is 1.91. The van der Waals surface area contributed by atoms with Gasteiger partial charge in [-0.3, -0.25) is 4.79 Å². The summed E-state index contributed by atoms with van der Waals surface area (Å²) >= 11 is 0. The SMILES string of the molecule is CCCCOc1ccc(N(C)C(=O)CC2(O)CCNCC2)cc1. The number of ether oxygens (including phenoxy) is 1. The van der Waals surface area contributed by atoms with E-state index in [0.29, 0.717) is 19.4 Å². The van der Waals surface area contributed by atoms with Gasteiger partial charge in [0.2, 0.25) is 5.91 Å². The summed E-state index contributed by atoms with van der Waals surface area (Å²) in [6.45, 7) is 4.36. The molecule has 1 aliphatic heterocycles. The molecule has 0 atom stereocenters. The van der Waals surface area contributed by atoms with E-state index >= 15 is 0 Å². The Labute approximate surface area is 138 Å². The van der Waals surface area contributed by atoms with E-state index in [0.717, 1.165) is 37.4 Å². The Bertz CT molecular complexity index is 495. The van der Waals surface area contributed by atoms with Crippen LogP contribution in [0.5, 0.6) is 5.75 Å². The quantitative estimate of drug-likeness (QED) is 0.757. The third-order valence-electron chi connectivity index (χ3n) is 4.38. The monoisotopic (exact) mass is 320 g/mol. The van der Waals surface area contributed by atoms with E-state index in [1.54, 1.807) is 11.9 Å². The number of nitrogens with one attached hydrogen (secondary N) is 1. The van der Waals surface area contributed by atoms with Crippen LogP contribution in [0.15, 0.2) is 24.3 Å². The van der Waals surface area contributed by atoms with Gasteiger partial charge in [-0.15, -0.1) is 0 Å². The lowest BCUT2D eigenvalue weighted by atomic mass is 9.88. The molecule has 23 heavy (non-hydrogen) atoms. The van der Waals surface area contributed by atoms with Crippen molar-refractivity contribution in [2.24, 2.45) is 0 Å². The molecule has 0 aliphatic carbocycles. The minimum atomic E-state index is -0.875. The lowest BCUT2D eigenvalue weighted by molar-refractivity contribution is -0.124. The van der Waals surface area contributed by atoms with Crippen molar-refractivity contribution in [3.05, 3.63) is 24.3 Å². The summed E-state index contributed by atoms with van der Waals surface area (Å²) < 4.78 is 5.63. The number of nitrogens with zero attached hydrogens (tertiary/aromatic N) is 1. The van der Waals surface area contributed by atoms with E-state index < -0.39 is 5.60 Å². The molecule has 1 amide bonds. The Hall–Kier alpha value is -1.59. The highest BCUT2D eigenvalue weighted by Crippen LogP contribution is 2.25. The van der Waals surface area contributed by atoms with Gasteiger partial charge in [-0.25, -0.2) is 0 Å². The molecule has 1 saturated heterocycles. The first-order valence-electron chi connectivity index (χ1n) is 8.46. The van der Waals surface area contributed by atoms with Crippen LogP contribution in [-0.4, -0.2) is 43.4 Å².